The number of benzene rings is 1. The van der Waals surface area contributed by atoms with Crippen molar-refractivity contribution >= 4 is 17.0 Å². The minimum Gasteiger partial charge on any atom is -0.488 e. The molecule has 1 aromatic carbocycles. The molecule has 0 radical (unpaired) electrons. The highest BCUT2D eigenvalue weighted by Crippen LogP contribution is 2.42. The molecule has 0 spiro atoms. The number of carboxylic acids is 1. The van der Waals surface area contributed by atoms with Crippen LogP contribution in [0.2, 0.25) is 0 Å². The van der Waals surface area contributed by atoms with E-state index in [1.807, 2.05) is 56.3 Å². The number of likely N-dealkylation sites (N-methyl/N-ethyl adjacent to an activating group) is 1. The maximum Gasteiger partial charge on any atom is 0.354 e. The molecule has 0 bridgehead atoms. The Morgan fingerprint density at radius 2 is 2.03 bits per heavy atom. The van der Waals surface area contributed by atoms with Crippen LogP contribution in [-0.4, -0.2) is 57.5 Å². The fraction of sp³-hybridized carbons (Fsp3) is 0.409. The maximum absolute atomic E-state index is 11.8. The summed E-state index contributed by atoms with van der Waals surface area (Å²) >= 11 is 0. The predicted octanol–water partition coefficient (Wildman–Crippen LogP) is 3.72. The predicted molar refractivity (Wildman–Crippen MR) is 111 cm³/mol. The normalized spacial score (nSPS) is 15.4. The molecule has 1 N–H and O–H groups in total. The van der Waals surface area contributed by atoms with Gasteiger partial charge < -0.3 is 14.7 Å². The number of aromatic nitrogens is 3. The molecule has 2 heterocycles. The Morgan fingerprint density at radius 3 is 2.62 bits per heavy atom. The lowest BCUT2D eigenvalue weighted by Gasteiger charge is -2.24. The second-order valence-corrected chi connectivity index (χ2v) is 7.96. The van der Waals surface area contributed by atoms with Crippen molar-refractivity contribution in [2.45, 2.75) is 38.2 Å². The summed E-state index contributed by atoms with van der Waals surface area (Å²) in [6, 6.07) is 11.2. The summed E-state index contributed by atoms with van der Waals surface area (Å²) in [5.41, 5.74) is 2.30. The smallest absolute Gasteiger partial charge is 0.354 e. The zero-order valence-electron chi connectivity index (χ0n) is 17.0. The van der Waals surface area contributed by atoms with Crippen molar-refractivity contribution in [1.82, 2.24) is 19.7 Å². The average molecular weight is 394 g/mol. The Morgan fingerprint density at radius 1 is 1.31 bits per heavy atom. The molecule has 29 heavy (non-hydrogen) atoms. The molecule has 1 aliphatic carbocycles. The van der Waals surface area contributed by atoms with Gasteiger partial charge in [0.1, 0.15) is 11.9 Å². The zero-order chi connectivity index (χ0) is 20.5. The molecule has 1 aliphatic rings. The van der Waals surface area contributed by atoms with Crippen molar-refractivity contribution in [3.63, 3.8) is 0 Å². The lowest BCUT2D eigenvalue weighted by molar-refractivity contribution is 0.0689. The first-order valence-electron chi connectivity index (χ1n) is 9.98. The van der Waals surface area contributed by atoms with E-state index in [-0.39, 0.29) is 11.8 Å². The van der Waals surface area contributed by atoms with Gasteiger partial charge in [0.25, 0.3) is 0 Å². The summed E-state index contributed by atoms with van der Waals surface area (Å²) in [6.07, 6.45) is 3.23. The molecule has 1 atom stereocenters. The summed E-state index contributed by atoms with van der Waals surface area (Å²) in [5, 5.41) is 15.3. The number of carboxylic acid groups (broad SMARTS) is 1. The van der Waals surface area contributed by atoms with Gasteiger partial charge in [-0.2, -0.15) is 5.10 Å². The highest BCUT2D eigenvalue weighted by atomic mass is 16.5. The third-order valence-electron chi connectivity index (χ3n) is 5.29. The fourth-order valence-electron chi connectivity index (χ4n) is 3.80. The third kappa shape index (κ3) is 3.82. The number of pyridine rings is 1. The highest BCUT2D eigenvalue weighted by Gasteiger charge is 2.30. The van der Waals surface area contributed by atoms with Crippen molar-refractivity contribution in [2.24, 2.45) is 0 Å². The van der Waals surface area contributed by atoms with Gasteiger partial charge >= 0.3 is 5.97 Å². The van der Waals surface area contributed by atoms with Crippen molar-refractivity contribution < 1.29 is 14.6 Å². The van der Waals surface area contributed by atoms with E-state index >= 15 is 0 Å². The molecule has 152 valence electrons. The molecule has 4 rings (SSSR count). The van der Waals surface area contributed by atoms with Crippen molar-refractivity contribution in [1.29, 1.82) is 0 Å². The number of carbonyl (C=O) groups is 1. The first-order valence-corrected chi connectivity index (χ1v) is 9.98. The first kappa shape index (κ1) is 19.4. The van der Waals surface area contributed by atoms with Crippen LogP contribution >= 0.6 is 0 Å². The van der Waals surface area contributed by atoms with Gasteiger partial charge in [0.05, 0.1) is 16.8 Å². The second-order valence-electron chi connectivity index (χ2n) is 7.96. The van der Waals surface area contributed by atoms with E-state index in [9.17, 15) is 9.90 Å². The van der Waals surface area contributed by atoms with Crippen LogP contribution in [0.25, 0.3) is 16.7 Å². The minimum absolute atomic E-state index is 0.0400. The Labute approximate surface area is 169 Å². The van der Waals surface area contributed by atoms with Crippen LogP contribution < -0.4 is 4.74 Å². The topological polar surface area (TPSA) is 80.5 Å². The van der Waals surface area contributed by atoms with Gasteiger partial charge in [0, 0.05) is 18.5 Å². The van der Waals surface area contributed by atoms with E-state index in [0.717, 1.165) is 36.2 Å². The molecule has 7 nitrogen and oxygen atoms in total. The maximum atomic E-state index is 11.8. The van der Waals surface area contributed by atoms with E-state index in [2.05, 4.69) is 4.98 Å². The molecule has 0 saturated heterocycles. The van der Waals surface area contributed by atoms with Crippen LogP contribution in [0.5, 0.6) is 5.75 Å². The quantitative estimate of drug-likeness (QED) is 0.658. The summed E-state index contributed by atoms with van der Waals surface area (Å²) in [5.74, 6) is -0.180. The molecule has 0 aliphatic heterocycles. The summed E-state index contributed by atoms with van der Waals surface area (Å²) < 4.78 is 7.99. The van der Waals surface area contributed by atoms with Crippen LogP contribution in [0.1, 0.15) is 48.3 Å². The fourth-order valence-corrected chi connectivity index (χ4v) is 3.80. The molecule has 2 aromatic heterocycles. The van der Waals surface area contributed by atoms with E-state index in [4.69, 9.17) is 9.84 Å². The molecule has 0 amide bonds. The average Bonchev–Trinajstić information content (AvgIpc) is 2.99. The Bertz CT molecular complexity index is 1030. The van der Waals surface area contributed by atoms with Gasteiger partial charge in [0.15, 0.2) is 11.3 Å². The SMILES string of the molecule is C[C@@H](CN(C)C)Oc1cc(C(=O)O)nc2c1c(C1CCC1)nn2-c1ccccc1. The van der Waals surface area contributed by atoms with Crippen molar-refractivity contribution in [3.8, 4) is 11.4 Å². The van der Waals surface area contributed by atoms with Crippen LogP contribution in [0.4, 0.5) is 0 Å². The van der Waals surface area contributed by atoms with Gasteiger partial charge in [-0.05, 0) is 46.0 Å². The van der Waals surface area contributed by atoms with Gasteiger partial charge in [-0.1, -0.05) is 24.6 Å². The Hall–Kier alpha value is -2.93. The molecule has 3 aromatic rings. The summed E-state index contributed by atoms with van der Waals surface area (Å²) in [6.45, 7) is 2.70. The van der Waals surface area contributed by atoms with Gasteiger partial charge in [-0.15, -0.1) is 0 Å². The number of rotatable bonds is 7. The lowest BCUT2D eigenvalue weighted by Crippen LogP contribution is -2.28. The van der Waals surface area contributed by atoms with Crippen molar-refractivity contribution in [2.75, 3.05) is 20.6 Å². The molecule has 0 unspecified atom stereocenters. The Kier molecular flexibility index (Phi) is 5.24. The summed E-state index contributed by atoms with van der Waals surface area (Å²) in [7, 11) is 3.97. The van der Waals surface area contributed by atoms with Gasteiger partial charge in [-0.3, -0.25) is 0 Å². The molecular formula is C22H26N4O3. The third-order valence-corrected chi connectivity index (χ3v) is 5.29. The molecule has 1 saturated carbocycles. The van der Waals surface area contributed by atoms with Crippen LogP contribution in [-0.2, 0) is 0 Å². The Balaban J connectivity index is 1.92. The van der Waals surface area contributed by atoms with Crippen LogP contribution in [0, 0.1) is 0 Å². The largest absolute Gasteiger partial charge is 0.488 e. The first-order chi connectivity index (χ1) is 13.9. The van der Waals surface area contributed by atoms with Gasteiger partial charge in [0.2, 0.25) is 0 Å². The number of hydrogen-bond acceptors (Lipinski definition) is 5. The number of hydrogen-bond donors (Lipinski definition) is 1. The molecular weight excluding hydrogens is 368 g/mol. The van der Waals surface area contributed by atoms with Crippen molar-refractivity contribution in [3.05, 3.63) is 47.8 Å². The number of para-hydroxylation sites is 1. The zero-order valence-corrected chi connectivity index (χ0v) is 17.0. The lowest BCUT2D eigenvalue weighted by atomic mass is 9.82. The van der Waals surface area contributed by atoms with E-state index in [1.54, 1.807) is 4.68 Å². The number of nitrogens with zero attached hydrogens (tertiary/aromatic N) is 4. The van der Waals surface area contributed by atoms with E-state index in [1.165, 1.54) is 12.5 Å². The standard InChI is InChI=1S/C22H26N4O3/c1-14(13-25(2)3)29-18-12-17(22(27)28)23-21-19(18)20(15-8-7-9-15)24-26(21)16-10-5-4-6-11-16/h4-6,10-12,14-15H,7-9,13H2,1-3H3,(H,27,28)/t14-/m0/s1. The van der Waals surface area contributed by atoms with Crippen LogP contribution in [0.3, 0.4) is 0 Å². The number of fused-ring (bicyclic) bond motifs is 1. The number of ether oxygens (including phenoxy) is 1. The number of aromatic carboxylic acids is 1. The second kappa shape index (κ2) is 7.83. The van der Waals surface area contributed by atoms with E-state index in [0.29, 0.717) is 17.3 Å². The molecule has 1 fully saturated rings. The monoisotopic (exact) mass is 394 g/mol. The molecule has 7 heteroatoms. The van der Waals surface area contributed by atoms with Crippen LogP contribution in [0.15, 0.2) is 36.4 Å². The summed E-state index contributed by atoms with van der Waals surface area (Å²) in [4.78, 5) is 18.3. The highest BCUT2D eigenvalue weighted by molar-refractivity contribution is 5.94. The minimum atomic E-state index is -1.08. The van der Waals surface area contributed by atoms with Gasteiger partial charge in [-0.25, -0.2) is 14.5 Å². The van der Waals surface area contributed by atoms with E-state index < -0.39 is 5.97 Å².